The zero-order chi connectivity index (χ0) is 13.5. The van der Waals surface area contributed by atoms with Gasteiger partial charge >= 0.3 is 0 Å². The van der Waals surface area contributed by atoms with E-state index in [-0.39, 0.29) is 5.91 Å². The molecular weight excluding hydrogens is 244 g/mol. The van der Waals surface area contributed by atoms with E-state index in [0.717, 1.165) is 18.9 Å². The Morgan fingerprint density at radius 3 is 2.67 bits per heavy atom. The van der Waals surface area contributed by atoms with Crippen LogP contribution in [0.15, 0.2) is 0 Å². The highest BCUT2D eigenvalue weighted by atomic mass is 32.2. The molecule has 1 aliphatic rings. The highest BCUT2D eigenvalue weighted by molar-refractivity contribution is 8.00. The smallest absolute Gasteiger partial charge is 0.230 e. The summed E-state index contributed by atoms with van der Waals surface area (Å²) >= 11 is 1.82. The summed E-state index contributed by atoms with van der Waals surface area (Å²) in [6, 6.07) is 0.549. The number of carbonyl (C=O) groups is 1. The largest absolute Gasteiger partial charge is 0.355 e. The molecule has 3 nitrogen and oxygen atoms in total. The third-order valence-corrected chi connectivity index (χ3v) is 5.34. The number of hydrogen-bond acceptors (Lipinski definition) is 3. The van der Waals surface area contributed by atoms with Crippen LogP contribution in [-0.4, -0.2) is 36.5 Å². The molecule has 0 spiro atoms. The first kappa shape index (κ1) is 15.8. The molecular formula is C14H28N2OS. The summed E-state index contributed by atoms with van der Waals surface area (Å²) in [5.41, 5.74) is 0. The second kappa shape index (κ2) is 8.05. The van der Waals surface area contributed by atoms with Gasteiger partial charge in [0, 0.05) is 17.8 Å². The first-order valence-corrected chi connectivity index (χ1v) is 8.18. The van der Waals surface area contributed by atoms with Crippen LogP contribution in [0.3, 0.4) is 0 Å². The quantitative estimate of drug-likeness (QED) is 0.779. The van der Waals surface area contributed by atoms with Crippen molar-refractivity contribution in [2.45, 2.75) is 51.3 Å². The van der Waals surface area contributed by atoms with Crippen molar-refractivity contribution < 1.29 is 4.79 Å². The summed E-state index contributed by atoms with van der Waals surface area (Å²) in [5.74, 6) is 2.27. The zero-order valence-electron chi connectivity index (χ0n) is 12.2. The molecule has 1 aliphatic carbocycles. The van der Waals surface area contributed by atoms with Gasteiger partial charge in [-0.2, -0.15) is 0 Å². The Kier molecular flexibility index (Phi) is 7.08. The zero-order valence-corrected chi connectivity index (χ0v) is 13.0. The van der Waals surface area contributed by atoms with Crippen LogP contribution in [0.4, 0.5) is 0 Å². The van der Waals surface area contributed by atoms with Crippen molar-refractivity contribution in [1.82, 2.24) is 10.6 Å². The average Bonchev–Trinajstić information content (AvgIpc) is 2.34. The number of carbonyl (C=O) groups excluding carboxylic acids is 1. The summed E-state index contributed by atoms with van der Waals surface area (Å²) < 4.78 is 0. The van der Waals surface area contributed by atoms with Gasteiger partial charge in [0.15, 0.2) is 0 Å². The summed E-state index contributed by atoms with van der Waals surface area (Å²) in [6.07, 6.45) is 3.52. The molecule has 0 aromatic heterocycles. The highest BCUT2D eigenvalue weighted by Crippen LogP contribution is 2.36. The molecule has 1 saturated carbocycles. The third kappa shape index (κ3) is 4.81. The van der Waals surface area contributed by atoms with Crippen molar-refractivity contribution in [2.24, 2.45) is 11.8 Å². The Labute approximate surface area is 116 Å². The fourth-order valence-electron chi connectivity index (χ4n) is 2.88. The summed E-state index contributed by atoms with van der Waals surface area (Å²) in [4.78, 5) is 11.7. The van der Waals surface area contributed by atoms with E-state index in [2.05, 4.69) is 31.4 Å². The Morgan fingerprint density at radius 2 is 2.06 bits per heavy atom. The van der Waals surface area contributed by atoms with Crippen LogP contribution in [-0.2, 0) is 4.79 Å². The van der Waals surface area contributed by atoms with Crippen LogP contribution < -0.4 is 10.6 Å². The van der Waals surface area contributed by atoms with Crippen LogP contribution in [0, 0.1) is 11.8 Å². The Balaban J connectivity index is 2.40. The van der Waals surface area contributed by atoms with E-state index in [0.29, 0.717) is 23.0 Å². The molecule has 0 aromatic rings. The lowest BCUT2D eigenvalue weighted by Crippen LogP contribution is -2.45. The van der Waals surface area contributed by atoms with E-state index in [1.54, 1.807) is 0 Å². The lowest BCUT2D eigenvalue weighted by Gasteiger charge is -2.39. The van der Waals surface area contributed by atoms with Gasteiger partial charge in [-0.3, -0.25) is 4.79 Å². The van der Waals surface area contributed by atoms with E-state index < -0.39 is 0 Å². The van der Waals surface area contributed by atoms with E-state index in [4.69, 9.17) is 0 Å². The summed E-state index contributed by atoms with van der Waals surface area (Å²) in [6.45, 7) is 7.53. The minimum atomic E-state index is 0.183. The van der Waals surface area contributed by atoms with Gasteiger partial charge in [0.25, 0.3) is 0 Å². The van der Waals surface area contributed by atoms with Crippen LogP contribution in [0.1, 0.15) is 40.0 Å². The molecule has 0 aromatic carbocycles. The molecule has 1 rings (SSSR count). The SMILES string of the molecule is CCCNC(=O)CSC1C(C)CC(C)CC1NC. The molecule has 0 bridgehead atoms. The monoisotopic (exact) mass is 272 g/mol. The van der Waals surface area contributed by atoms with Crippen LogP contribution >= 0.6 is 11.8 Å². The topological polar surface area (TPSA) is 41.1 Å². The molecule has 2 N–H and O–H groups in total. The fraction of sp³-hybridized carbons (Fsp3) is 0.929. The number of nitrogens with one attached hydrogen (secondary N) is 2. The van der Waals surface area contributed by atoms with Gasteiger partial charge in [0.2, 0.25) is 5.91 Å². The Morgan fingerprint density at radius 1 is 1.33 bits per heavy atom. The molecule has 18 heavy (non-hydrogen) atoms. The number of hydrogen-bond donors (Lipinski definition) is 2. The summed E-state index contributed by atoms with van der Waals surface area (Å²) in [5, 5.41) is 6.95. The van der Waals surface area contributed by atoms with Gasteiger partial charge in [-0.15, -0.1) is 11.8 Å². The molecule has 1 fully saturated rings. The highest BCUT2D eigenvalue weighted by Gasteiger charge is 2.33. The van der Waals surface area contributed by atoms with Gasteiger partial charge in [-0.25, -0.2) is 0 Å². The number of rotatable bonds is 6. The van der Waals surface area contributed by atoms with Gasteiger partial charge < -0.3 is 10.6 Å². The van der Waals surface area contributed by atoms with Crippen molar-refractivity contribution in [1.29, 1.82) is 0 Å². The number of amides is 1. The molecule has 4 unspecified atom stereocenters. The molecule has 0 aliphatic heterocycles. The maximum Gasteiger partial charge on any atom is 0.230 e. The van der Waals surface area contributed by atoms with Crippen LogP contribution in [0.5, 0.6) is 0 Å². The van der Waals surface area contributed by atoms with Crippen molar-refractivity contribution in [2.75, 3.05) is 19.3 Å². The first-order chi connectivity index (χ1) is 8.58. The maximum absolute atomic E-state index is 11.7. The van der Waals surface area contributed by atoms with Crippen molar-refractivity contribution >= 4 is 17.7 Å². The Hall–Kier alpha value is -0.220. The molecule has 4 atom stereocenters. The van der Waals surface area contributed by atoms with Crippen LogP contribution in [0.2, 0.25) is 0 Å². The van der Waals surface area contributed by atoms with Gasteiger partial charge in [-0.1, -0.05) is 20.8 Å². The molecule has 106 valence electrons. The first-order valence-electron chi connectivity index (χ1n) is 7.14. The lowest BCUT2D eigenvalue weighted by atomic mass is 9.80. The van der Waals surface area contributed by atoms with Gasteiger partial charge in [-0.05, 0) is 38.1 Å². The Bertz CT molecular complexity index is 260. The van der Waals surface area contributed by atoms with Gasteiger partial charge in [0.1, 0.15) is 0 Å². The standard InChI is InChI=1S/C14H28N2OS/c1-5-6-16-13(17)9-18-14-11(3)7-10(2)8-12(14)15-4/h10-12,14-15H,5-9H2,1-4H3,(H,16,17). The second-order valence-corrected chi connectivity index (χ2v) is 6.74. The predicted molar refractivity (Wildman–Crippen MR) is 80.0 cm³/mol. The normalized spacial score (nSPS) is 32.2. The number of thioether (sulfide) groups is 1. The van der Waals surface area contributed by atoms with E-state index in [1.165, 1.54) is 12.8 Å². The lowest BCUT2D eigenvalue weighted by molar-refractivity contribution is -0.118. The van der Waals surface area contributed by atoms with Crippen molar-refractivity contribution in [3.8, 4) is 0 Å². The predicted octanol–water partition coefficient (Wildman–Crippen LogP) is 2.27. The minimum absolute atomic E-state index is 0.183. The average molecular weight is 272 g/mol. The maximum atomic E-state index is 11.7. The van der Waals surface area contributed by atoms with E-state index >= 15 is 0 Å². The molecule has 1 amide bonds. The van der Waals surface area contributed by atoms with E-state index in [1.807, 2.05) is 18.8 Å². The molecule has 0 heterocycles. The third-order valence-electron chi connectivity index (χ3n) is 3.74. The van der Waals surface area contributed by atoms with Crippen molar-refractivity contribution in [3.05, 3.63) is 0 Å². The molecule has 4 heteroatoms. The van der Waals surface area contributed by atoms with E-state index in [9.17, 15) is 4.79 Å². The van der Waals surface area contributed by atoms with Crippen LogP contribution in [0.25, 0.3) is 0 Å². The summed E-state index contributed by atoms with van der Waals surface area (Å²) in [7, 11) is 2.04. The molecule has 0 radical (unpaired) electrons. The van der Waals surface area contributed by atoms with Crippen molar-refractivity contribution in [3.63, 3.8) is 0 Å². The van der Waals surface area contributed by atoms with Gasteiger partial charge in [0.05, 0.1) is 5.75 Å². The second-order valence-electron chi connectivity index (χ2n) is 5.57. The minimum Gasteiger partial charge on any atom is -0.355 e. The molecule has 0 saturated heterocycles. The fourth-order valence-corrected chi connectivity index (χ4v) is 4.24.